The van der Waals surface area contributed by atoms with Crippen molar-refractivity contribution in [3.8, 4) is 5.75 Å². The molecule has 0 aliphatic carbocycles. The fraction of sp³-hybridized carbons (Fsp3) is 0. The number of rotatable bonds is 2. The molecule has 0 saturated carbocycles. The molecule has 94 valence electrons. The number of furan rings is 1. The van der Waals surface area contributed by atoms with Crippen LogP contribution in [0.25, 0.3) is 11.0 Å². The maximum atomic E-state index is 12.0. The van der Waals surface area contributed by atoms with Gasteiger partial charge in [-0.05, 0) is 24.3 Å². The highest BCUT2D eigenvalue weighted by atomic mass is 16.3. The van der Waals surface area contributed by atoms with E-state index in [9.17, 15) is 9.90 Å². The zero-order chi connectivity index (χ0) is 13.2. The van der Waals surface area contributed by atoms with Crippen molar-refractivity contribution in [2.75, 3.05) is 5.32 Å². The lowest BCUT2D eigenvalue weighted by Crippen LogP contribution is -2.10. The van der Waals surface area contributed by atoms with Crippen molar-refractivity contribution in [2.24, 2.45) is 0 Å². The molecule has 3 aromatic rings. The molecule has 1 aromatic heterocycles. The van der Waals surface area contributed by atoms with E-state index in [1.165, 1.54) is 12.1 Å². The minimum absolute atomic E-state index is 0.0995. The average Bonchev–Trinajstić information content (AvgIpc) is 2.82. The Bertz CT molecular complexity index is 713. The van der Waals surface area contributed by atoms with Crippen LogP contribution in [0.5, 0.6) is 5.75 Å². The summed E-state index contributed by atoms with van der Waals surface area (Å²) in [6.07, 6.45) is 0. The predicted molar refractivity (Wildman–Crippen MR) is 72.3 cm³/mol. The summed E-state index contributed by atoms with van der Waals surface area (Å²) in [5, 5.41) is 12.9. The summed E-state index contributed by atoms with van der Waals surface area (Å²) in [6, 6.07) is 15.5. The summed E-state index contributed by atoms with van der Waals surface area (Å²) in [4.78, 5) is 12.0. The molecule has 0 spiro atoms. The highest BCUT2D eigenvalue weighted by Gasteiger charge is 2.12. The highest BCUT2D eigenvalue weighted by Crippen LogP contribution is 2.21. The van der Waals surface area contributed by atoms with Crippen LogP contribution in [-0.2, 0) is 0 Å². The van der Waals surface area contributed by atoms with E-state index in [1.807, 2.05) is 18.2 Å². The summed E-state index contributed by atoms with van der Waals surface area (Å²) >= 11 is 0. The number of fused-ring (bicyclic) bond motifs is 1. The van der Waals surface area contributed by atoms with Crippen LogP contribution >= 0.6 is 0 Å². The minimum Gasteiger partial charge on any atom is -0.508 e. The zero-order valence-electron chi connectivity index (χ0n) is 9.96. The molecule has 19 heavy (non-hydrogen) atoms. The topological polar surface area (TPSA) is 62.5 Å². The van der Waals surface area contributed by atoms with E-state index in [0.717, 1.165) is 5.39 Å². The van der Waals surface area contributed by atoms with E-state index >= 15 is 0 Å². The Hall–Kier alpha value is -2.75. The number of benzene rings is 2. The second-order valence-corrected chi connectivity index (χ2v) is 4.15. The van der Waals surface area contributed by atoms with Gasteiger partial charge >= 0.3 is 0 Å². The molecule has 1 amide bonds. The van der Waals surface area contributed by atoms with Gasteiger partial charge in [-0.3, -0.25) is 4.79 Å². The van der Waals surface area contributed by atoms with Gasteiger partial charge in [-0.2, -0.15) is 0 Å². The van der Waals surface area contributed by atoms with Crippen LogP contribution in [0, 0.1) is 0 Å². The van der Waals surface area contributed by atoms with Crippen LogP contribution in [-0.4, -0.2) is 11.0 Å². The maximum Gasteiger partial charge on any atom is 0.291 e. The normalized spacial score (nSPS) is 10.5. The summed E-state index contributed by atoms with van der Waals surface area (Å²) in [5.74, 6) is -0.00579. The number of para-hydroxylation sites is 1. The molecular weight excluding hydrogens is 242 g/mol. The van der Waals surface area contributed by atoms with Crippen LogP contribution in [0.4, 0.5) is 5.69 Å². The van der Waals surface area contributed by atoms with Gasteiger partial charge in [0.1, 0.15) is 11.3 Å². The van der Waals surface area contributed by atoms with E-state index in [2.05, 4.69) is 5.32 Å². The van der Waals surface area contributed by atoms with Gasteiger partial charge in [-0.15, -0.1) is 0 Å². The molecule has 2 aromatic carbocycles. The highest BCUT2D eigenvalue weighted by molar-refractivity contribution is 6.04. The Morgan fingerprint density at radius 2 is 1.89 bits per heavy atom. The van der Waals surface area contributed by atoms with Gasteiger partial charge in [0.15, 0.2) is 5.76 Å². The number of hydrogen-bond acceptors (Lipinski definition) is 3. The van der Waals surface area contributed by atoms with Crippen molar-refractivity contribution in [3.05, 3.63) is 60.4 Å². The number of carbonyl (C=O) groups is 1. The number of phenolic OH excluding ortho intramolecular Hbond substituents is 1. The quantitative estimate of drug-likeness (QED) is 0.735. The maximum absolute atomic E-state index is 12.0. The molecular formula is C15H11NO3. The second kappa shape index (κ2) is 4.49. The third-order valence-electron chi connectivity index (χ3n) is 2.75. The number of amides is 1. The Morgan fingerprint density at radius 1 is 1.05 bits per heavy atom. The number of phenols is 1. The summed E-state index contributed by atoms with van der Waals surface area (Å²) in [5.41, 5.74) is 1.19. The van der Waals surface area contributed by atoms with Crippen molar-refractivity contribution in [1.82, 2.24) is 0 Å². The number of carbonyl (C=O) groups excluding carboxylic acids is 1. The molecule has 1 heterocycles. The molecule has 0 saturated heterocycles. The monoisotopic (exact) mass is 253 g/mol. The minimum atomic E-state index is -0.346. The molecule has 0 unspecified atom stereocenters. The standard InChI is InChI=1S/C15H11NO3/c17-12-6-3-5-11(9-12)16-15(18)14-8-10-4-1-2-7-13(10)19-14/h1-9,17H,(H,16,18). The van der Waals surface area contributed by atoms with Crippen molar-refractivity contribution in [3.63, 3.8) is 0 Å². The van der Waals surface area contributed by atoms with Crippen LogP contribution in [0.3, 0.4) is 0 Å². The zero-order valence-corrected chi connectivity index (χ0v) is 9.96. The Labute approximate surface area is 109 Å². The molecule has 0 atom stereocenters. The van der Waals surface area contributed by atoms with Crippen LogP contribution in [0.2, 0.25) is 0 Å². The lowest BCUT2D eigenvalue weighted by molar-refractivity contribution is 0.0998. The van der Waals surface area contributed by atoms with E-state index in [0.29, 0.717) is 11.3 Å². The van der Waals surface area contributed by atoms with Crippen LogP contribution in [0.15, 0.2) is 59.0 Å². The summed E-state index contributed by atoms with van der Waals surface area (Å²) in [7, 11) is 0. The molecule has 3 rings (SSSR count). The van der Waals surface area contributed by atoms with E-state index in [1.54, 1.807) is 24.3 Å². The number of hydrogen-bond donors (Lipinski definition) is 2. The fourth-order valence-electron chi connectivity index (χ4n) is 1.87. The average molecular weight is 253 g/mol. The van der Waals surface area contributed by atoms with Gasteiger partial charge in [-0.1, -0.05) is 24.3 Å². The predicted octanol–water partition coefficient (Wildman–Crippen LogP) is 3.39. The van der Waals surface area contributed by atoms with Crippen molar-refractivity contribution >= 4 is 22.6 Å². The smallest absolute Gasteiger partial charge is 0.291 e. The molecule has 4 nitrogen and oxygen atoms in total. The Balaban J connectivity index is 1.87. The summed E-state index contributed by atoms with van der Waals surface area (Å²) < 4.78 is 5.46. The molecule has 0 bridgehead atoms. The molecule has 4 heteroatoms. The van der Waals surface area contributed by atoms with E-state index in [4.69, 9.17) is 4.42 Å². The number of anilines is 1. The molecule has 0 fully saturated rings. The van der Waals surface area contributed by atoms with Gasteiger partial charge < -0.3 is 14.8 Å². The third-order valence-corrected chi connectivity index (χ3v) is 2.75. The molecule has 0 aliphatic rings. The van der Waals surface area contributed by atoms with Gasteiger partial charge in [0.05, 0.1) is 0 Å². The van der Waals surface area contributed by atoms with E-state index in [-0.39, 0.29) is 17.4 Å². The van der Waals surface area contributed by atoms with Gasteiger partial charge in [-0.25, -0.2) is 0 Å². The molecule has 0 radical (unpaired) electrons. The first-order chi connectivity index (χ1) is 9.22. The fourth-order valence-corrected chi connectivity index (χ4v) is 1.87. The van der Waals surface area contributed by atoms with Crippen LogP contribution < -0.4 is 5.32 Å². The van der Waals surface area contributed by atoms with Gasteiger partial charge in [0.2, 0.25) is 0 Å². The van der Waals surface area contributed by atoms with Crippen molar-refractivity contribution in [2.45, 2.75) is 0 Å². The lowest BCUT2D eigenvalue weighted by atomic mass is 10.2. The van der Waals surface area contributed by atoms with Crippen molar-refractivity contribution in [1.29, 1.82) is 0 Å². The molecule has 2 N–H and O–H groups in total. The summed E-state index contributed by atoms with van der Waals surface area (Å²) in [6.45, 7) is 0. The third kappa shape index (κ3) is 2.28. The number of aromatic hydroxyl groups is 1. The largest absolute Gasteiger partial charge is 0.508 e. The first-order valence-electron chi connectivity index (χ1n) is 5.81. The van der Waals surface area contributed by atoms with Crippen molar-refractivity contribution < 1.29 is 14.3 Å². The van der Waals surface area contributed by atoms with Gasteiger partial charge in [0, 0.05) is 17.1 Å². The SMILES string of the molecule is O=C(Nc1cccc(O)c1)c1cc2ccccc2o1. The number of nitrogens with one attached hydrogen (secondary N) is 1. The first-order valence-corrected chi connectivity index (χ1v) is 5.81. The van der Waals surface area contributed by atoms with E-state index < -0.39 is 0 Å². The Morgan fingerprint density at radius 3 is 2.68 bits per heavy atom. The first kappa shape index (κ1) is 11.3. The Kier molecular flexibility index (Phi) is 2.68. The lowest BCUT2D eigenvalue weighted by Gasteiger charge is -2.02. The van der Waals surface area contributed by atoms with Crippen LogP contribution in [0.1, 0.15) is 10.6 Å². The molecule has 0 aliphatic heterocycles. The second-order valence-electron chi connectivity index (χ2n) is 4.15. The van der Waals surface area contributed by atoms with Gasteiger partial charge in [0.25, 0.3) is 5.91 Å².